The average molecular weight is 304 g/mol. The Labute approximate surface area is 126 Å². The molecule has 1 amide bonds. The Morgan fingerprint density at radius 2 is 1.60 bits per heavy atom. The summed E-state index contributed by atoms with van der Waals surface area (Å²) in [6.45, 7) is 0.735. The van der Waals surface area contributed by atoms with E-state index in [4.69, 9.17) is 16.7 Å². The lowest BCUT2D eigenvalue weighted by Gasteiger charge is -2.24. The summed E-state index contributed by atoms with van der Waals surface area (Å²) >= 11 is 6.02. The van der Waals surface area contributed by atoms with E-state index < -0.39 is 5.97 Å². The van der Waals surface area contributed by atoms with Crippen LogP contribution in [-0.4, -0.2) is 28.9 Å². The zero-order chi connectivity index (χ0) is 14.8. The highest BCUT2D eigenvalue weighted by Gasteiger charge is 2.24. The van der Waals surface area contributed by atoms with Crippen LogP contribution in [0.25, 0.3) is 0 Å². The van der Waals surface area contributed by atoms with Crippen LogP contribution in [0.2, 0.25) is 0 Å². The molecule has 0 radical (unpaired) electrons. The van der Waals surface area contributed by atoms with E-state index in [-0.39, 0.29) is 23.6 Å². The SMILES string of the molecule is O=C(O)CCCCCCCNC(=O)C1CCC(Cl)CC1. The molecule has 0 aromatic rings. The number of unbranched alkanes of at least 4 members (excludes halogenated alkanes) is 4. The molecule has 1 aliphatic rings. The molecule has 116 valence electrons. The van der Waals surface area contributed by atoms with Gasteiger partial charge in [-0.05, 0) is 38.5 Å². The predicted molar refractivity (Wildman–Crippen MR) is 79.9 cm³/mol. The molecule has 0 aromatic carbocycles. The second-order valence-corrected chi connectivity index (χ2v) is 6.27. The second-order valence-electron chi connectivity index (χ2n) is 5.65. The minimum Gasteiger partial charge on any atom is -0.481 e. The number of hydrogen-bond acceptors (Lipinski definition) is 2. The van der Waals surface area contributed by atoms with Crippen molar-refractivity contribution in [1.82, 2.24) is 5.32 Å². The number of hydrogen-bond donors (Lipinski definition) is 2. The first-order valence-corrected chi connectivity index (χ1v) is 8.17. The molecule has 0 unspecified atom stereocenters. The van der Waals surface area contributed by atoms with Crippen molar-refractivity contribution in [2.75, 3.05) is 6.54 Å². The van der Waals surface area contributed by atoms with Gasteiger partial charge < -0.3 is 10.4 Å². The fraction of sp³-hybridized carbons (Fsp3) is 0.867. The van der Waals surface area contributed by atoms with Crippen LogP contribution in [0.1, 0.15) is 64.2 Å². The molecule has 20 heavy (non-hydrogen) atoms. The maximum atomic E-state index is 11.9. The zero-order valence-electron chi connectivity index (χ0n) is 12.1. The van der Waals surface area contributed by atoms with Gasteiger partial charge in [0.1, 0.15) is 0 Å². The number of carbonyl (C=O) groups excluding carboxylic acids is 1. The van der Waals surface area contributed by atoms with Crippen molar-refractivity contribution in [2.24, 2.45) is 5.92 Å². The van der Waals surface area contributed by atoms with E-state index in [1.54, 1.807) is 0 Å². The molecule has 0 bridgehead atoms. The van der Waals surface area contributed by atoms with Crippen molar-refractivity contribution >= 4 is 23.5 Å². The first-order valence-electron chi connectivity index (χ1n) is 7.73. The van der Waals surface area contributed by atoms with Crippen molar-refractivity contribution in [2.45, 2.75) is 69.6 Å². The lowest BCUT2D eigenvalue weighted by atomic mass is 9.88. The van der Waals surface area contributed by atoms with E-state index in [2.05, 4.69) is 5.32 Å². The molecular formula is C15H26ClNO3. The van der Waals surface area contributed by atoms with Crippen LogP contribution in [0.15, 0.2) is 0 Å². The Balaban J connectivity index is 1.93. The molecule has 0 aromatic heterocycles. The molecule has 0 saturated heterocycles. The van der Waals surface area contributed by atoms with Gasteiger partial charge in [-0.25, -0.2) is 0 Å². The Kier molecular flexibility index (Phi) is 8.67. The van der Waals surface area contributed by atoms with Crippen LogP contribution in [0.4, 0.5) is 0 Å². The maximum absolute atomic E-state index is 11.9. The molecule has 4 nitrogen and oxygen atoms in total. The van der Waals surface area contributed by atoms with Gasteiger partial charge in [-0.3, -0.25) is 9.59 Å². The molecule has 1 fully saturated rings. The van der Waals surface area contributed by atoms with E-state index >= 15 is 0 Å². The smallest absolute Gasteiger partial charge is 0.303 e. The number of halogens is 1. The normalized spacial score (nSPS) is 22.4. The predicted octanol–water partition coefficient (Wildman–Crippen LogP) is 3.33. The van der Waals surface area contributed by atoms with Gasteiger partial charge in [0.2, 0.25) is 5.91 Å². The summed E-state index contributed by atoms with van der Waals surface area (Å²) in [6, 6.07) is 0. The average Bonchev–Trinajstić information content (AvgIpc) is 2.42. The number of aliphatic carboxylic acids is 1. The Morgan fingerprint density at radius 3 is 2.25 bits per heavy atom. The summed E-state index contributed by atoms with van der Waals surface area (Å²) in [6.07, 6.45) is 8.76. The van der Waals surface area contributed by atoms with Crippen LogP contribution in [0.3, 0.4) is 0 Å². The van der Waals surface area contributed by atoms with Crippen LogP contribution in [0.5, 0.6) is 0 Å². The molecule has 5 heteroatoms. The lowest BCUT2D eigenvalue weighted by Crippen LogP contribution is -2.33. The Hall–Kier alpha value is -0.770. The van der Waals surface area contributed by atoms with Crippen molar-refractivity contribution in [3.63, 3.8) is 0 Å². The lowest BCUT2D eigenvalue weighted by molar-refractivity contribution is -0.137. The fourth-order valence-electron chi connectivity index (χ4n) is 2.60. The van der Waals surface area contributed by atoms with E-state index in [1.165, 1.54) is 0 Å². The van der Waals surface area contributed by atoms with Crippen molar-refractivity contribution in [3.05, 3.63) is 0 Å². The molecule has 0 aliphatic heterocycles. The van der Waals surface area contributed by atoms with Gasteiger partial charge in [0.15, 0.2) is 0 Å². The van der Waals surface area contributed by atoms with Crippen LogP contribution in [-0.2, 0) is 9.59 Å². The van der Waals surface area contributed by atoms with Crippen molar-refractivity contribution in [1.29, 1.82) is 0 Å². The summed E-state index contributed by atoms with van der Waals surface area (Å²) in [7, 11) is 0. The molecule has 0 atom stereocenters. The van der Waals surface area contributed by atoms with E-state index in [1.807, 2.05) is 0 Å². The minimum absolute atomic E-state index is 0.153. The first-order chi connectivity index (χ1) is 9.59. The summed E-state index contributed by atoms with van der Waals surface area (Å²) in [4.78, 5) is 22.2. The monoisotopic (exact) mass is 303 g/mol. The summed E-state index contributed by atoms with van der Waals surface area (Å²) in [5, 5.41) is 11.8. The number of carboxylic acids is 1. The van der Waals surface area contributed by atoms with Gasteiger partial charge in [-0.2, -0.15) is 0 Å². The number of alkyl halides is 1. The number of rotatable bonds is 9. The fourth-order valence-corrected chi connectivity index (χ4v) is 2.85. The first kappa shape index (κ1) is 17.3. The highest BCUT2D eigenvalue weighted by Crippen LogP contribution is 2.27. The van der Waals surface area contributed by atoms with Gasteiger partial charge in [0, 0.05) is 24.3 Å². The minimum atomic E-state index is -0.719. The number of carbonyl (C=O) groups is 2. The zero-order valence-corrected chi connectivity index (χ0v) is 12.8. The van der Waals surface area contributed by atoms with Crippen molar-refractivity contribution < 1.29 is 14.7 Å². The molecule has 0 spiro atoms. The highest BCUT2D eigenvalue weighted by molar-refractivity contribution is 6.20. The molecule has 0 heterocycles. The van der Waals surface area contributed by atoms with Crippen LogP contribution >= 0.6 is 11.6 Å². The third-order valence-electron chi connectivity index (χ3n) is 3.89. The van der Waals surface area contributed by atoms with Gasteiger partial charge in [0.05, 0.1) is 0 Å². The van der Waals surface area contributed by atoms with Gasteiger partial charge >= 0.3 is 5.97 Å². The summed E-state index contributed by atoms with van der Waals surface area (Å²) in [5.41, 5.74) is 0. The summed E-state index contributed by atoms with van der Waals surface area (Å²) < 4.78 is 0. The third kappa shape index (κ3) is 7.73. The number of nitrogens with one attached hydrogen (secondary N) is 1. The third-order valence-corrected chi connectivity index (χ3v) is 4.33. The molecule has 1 saturated carbocycles. The van der Waals surface area contributed by atoms with Crippen LogP contribution in [0, 0.1) is 5.92 Å². The van der Waals surface area contributed by atoms with E-state index in [9.17, 15) is 9.59 Å². The van der Waals surface area contributed by atoms with Gasteiger partial charge in [-0.15, -0.1) is 11.6 Å². The topological polar surface area (TPSA) is 66.4 Å². The van der Waals surface area contributed by atoms with Gasteiger partial charge in [-0.1, -0.05) is 19.3 Å². The Morgan fingerprint density at radius 1 is 1.00 bits per heavy atom. The maximum Gasteiger partial charge on any atom is 0.303 e. The Bertz CT molecular complexity index is 301. The van der Waals surface area contributed by atoms with Crippen molar-refractivity contribution in [3.8, 4) is 0 Å². The van der Waals surface area contributed by atoms with Crippen LogP contribution < -0.4 is 5.32 Å². The number of carboxylic acid groups (broad SMARTS) is 1. The van der Waals surface area contributed by atoms with E-state index in [0.717, 1.165) is 64.3 Å². The molecule has 1 rings (SSSR count). The van der Waals surface area contributed by atoms with Gasteiger partial charge in [0.25, 0.3) is 0 Å². The molecule has 1 aliphatic carbocycles. The standard InChI is InChI=1S/C15H26ClNO3/c16-13-9-7-12(8-10-13)15(20)17-11-5-3-1-2-4-6-14(18)19/h12-13H,1-11H2,(H,17,20)(H,18,19). The highest BCUT2D eigenvalue weighted by atomic mass is 35.5. The quantitative estimate of drug-likeness (QED) is 0.507. The second kappa shape index (κ2) is 10.0. The van der Waals surface area contributed by atoms with E-state index in [0.29, 0.717) is 0 Å². The number of amides is 1. The summed E-state index contributed by atoms with van der Waals surface area (Å²) in [5.74, 6) is -0.385. The molecular weight excluding hydrogens is 278 g/mol. The largest absolute Gasteiger partial charge is 0.481 e. The molecule has 2 N–H and O–H groups in total.